The minimum atomic E-state index is -0.311. The maximum absolute atomic E-state index is 12.7. The standard InChI is InChI=1S/C16H16BrFN2O2/c1-11-2-5-13(10-15(11)17)20-16(21)19-8-9-22-14-6-3-12(18)4-7-14/h2-7,10H,8-9H2,1H3,(H2,19,20,21). The molecule has 0 heterocycles. The smallest absolute Gasteiger partial charge is 0.319 e. The molecule has 0 atom stereocenters. The van der Waals surface area contributed by atoms with E-state index in [9.17, 15) is 9.18 Å². The van der Waals surface area contributed by atoms with E-state index in [1.165, 1.54) is 12.1 Å². The molecule has 0 spiro atoms. The summed E-state index contributed by atoms with van der Waals surface area (Å²) in [5, 5.41) is 5.41. The van der Waals surface area contributed by atoms with Gasteiger partial charge in [-0.05, 0) is 48.9 Å². The van der Waals surface area contributed by atoms with Gasteiger partial charge in [0.1, 0.15) is 18.2 Å². The van der Waals surface area contributed by atoms with Crippen LogP contribution in [0.4, 0.5) is 14.9 Å². The highest BCUT2D eigenvalue weighted by atomic mass is 79.9. The van der Waals surface area contributed by atoms with Gasteiger partial charge in [0, 0.05) is 10.2 Å². The third-order valence-corrected chi connectivity index (χ3v) is 3.75. The van der Waals surface area contributed by atoms with E-state index in [4.69, 9.17) is 4.74 Å². The van der Waals surface area contributed by atoms with Gasteiger partial charge in [-0.1, -0.05) is 22.0 Å². The molecule has 0 saturated carbocycles. The molecule has 116 valence electrons. The average Bonchev–Trinajstić information content (AvgIpc) is 2.49. The van der Waals surface area contributed by atoms with Crippen LogP contribution in [0.3, 0.4) is 0 Å². The number of carbonyl (C=O) groups excluding carboxylic acids is 1. The monoisotopic (exact) mass is 366 g/mol. The number of hydrogen-bond acceptors (Lipinski definition) is 2. The van der Waals surface area contributed by atoms with Crippen molar-refractivity contribution in [2.75, 3.05) is 18.5 Å². The van der Waals surface area contributed by atoms with Gasteiger partial charge in [-0.2, -0.15) is 0 Å². The second-order valence-electron chi connectivity index (χ2n) is 4.65. The summed E-state index contributed by atoms with van der Waals surface area (Å²) in [4.78, 5) is 11.7. The van der Waals surface area contributed by atoms with E-state index in [0.717, 1.165) is 10.0 Å². The van der Waals surface area contributed by atoms with Crippen LogP contribution < -0.4 is 15.4 Å². The summed E-state index contributed by atoms with van der Waals surface area (Å²) in [6.45, 7) is 2.62. The van der Waals surface area contributed by atoms with Crippen molar-refractivity contribution < 1.29 is 13.9 Å². The van der Waals surface area contributed by atoms with Gasteiger partial charge >= 0.3 is 6.03 Å². The number of carbonyl (C=O) groups is 1. The van der Waals surface area contributed by atoms with E-state index >= 15 is 0 Å². The highest BCUT2D eigenvalue weighted by Gasteiger charge is 2.03. The Hall–Kier alpha value is -2.08. The maximum Gasteiger partial charge on any atom is 0.319 e. The quantitative estimate of drug-likeness (QED) is 0.782. The molecule has 2 N–H and O–H groups in total. The van der Waals surface area contributed by atoms with E-state index in [1.807, 2.05) is 25.1 Å². The van der Waals surface area contributed by atoms with Crippen molar-refractivity contribution >= 4 is 27.6 Å². The molecule has 22 heavy (non-hydrogen) atoms. The van der Waals surface area contributed by atoms with E-state index in [2.05, 4.69) is 26.6 Å². The Kier molecular flexibility index (Phi) is 5.77. The van der Waals surface area contributed by atoms with Crippen molar-refractivity contribution in [1.82, 2.24) is 5.32 Å². The molecular formula is C16H16BrFN2O2. The first-order valence-electron chi connectivity index (χ1n) is 6.74. The van der Waals surface area contributed by atoms with Crippen LogP contribution in [-0.2, 0) is 0 Å². The second kappa shape index (κ2) is 7.79. The number of halogens is 2. The maximum atomic E-state index is 12.7. The lowest BCUT2D eigenvalue weighted by atomic mass is 10.2. The first-order valence-corrected chi connectivity index (χ1v) is 7.53. The number of benzene rings is 2. The third-order valence-electron chi connectivity index (χ3n) is 2.90. The van der Waals surface area contributed by atoms with Gasteiger partial charge in [0.05, 0.1) is 6.54 Å². The molecule has 0 aliphatic rings. The van der Waals surface area contributed by atoms with Crippen LogP contribution in [0, 0.1) is 12.7 Å². The van der Waals surface area contributed by atoms with Crippen LogP contribution in [-0.4, -0.2) is 19.2 Å². The minimum Gasteiger partial charge on any atom is -0.492 e. The molecule has 2 aromatic carbocycles. The number of rotatable bonds is 5. The van der Waals surface area contributed by atoms with Gasteiger partial charge in [-0.25, -0.2) is 9.18 Å². The lowest BCUT2D eigenvalue weighted by molar-refractivity contribution is 0.247. The summed E-state index contributed by atoms with van der Waals surface area (Å²) >= 11 is 3.41. The molecule has 0 bridgehead atoms. The fourth-order valence-electron chi connectivity index (χ4n) is 1.71. The number of nitrogens with one attached hydrogen (secondary N) is 2. The molecule has 2 rings (SSSR count). The zero-order chi connectivity index (χ0) is 15.9. The summed E-state index contributed by atoms with van der Waals surface area (Å²) in [7, 11) is 0. The highest BCUT2D eigenvalue weighted by molar-refractivity contribution is 9.10. The van der Waals surface area contributed by atoms with Crippen molar-refractivity contribution in [2.24, 2.45) is 0 Å². The van der Waals surface area contributed by atoms with Crippen LogP contribution in [0.1, 0.15) is 5.56 Å². The zero-order valence-electron chi connectivity index (χ0n) is 12.0. The predicted octanol–water partition coefficient (Wildman–Crippen LogP) is 4.10. The number of aryl methyl sites for hydroxylation is 1. The molecule has 0 aliphatic heterocycles. The van der Waals surface area contributed by atoms with E-state index < -0.39 is 0 Å². The minimum absolute atomic E-state index is 0.302. The molecule has 0 saturated heterocycles. The normalized spacial score (nSPS) is 10.1. The number of urea groups is 1. The number of amides is 2. The van der Waals surface area contributed by atoms with Crippen molar-refractivity contribution in [2.45, 2.75) is 6.92 Å². The molecule has 4 nitrogen and oxygen atoms in total. The third kappa shape index (κ3) is 5.04. The first-order chi connectivity index (χ1) is 10.5. The van der Waals surface area contributed by atoms with Crippen LogP contribution >= 0.6 is 15.9 Å². The molecule has 2 amide bonds. The lowest BCUT2D eigenvalue weighted by Gasteiger charge is -2.10. The second-order valence-corrected chi connectivity index (χ2v) is 5.50. The Labute approximate surface area is 136 Å². The Bertz CT molecular complexity index is 647. The summed E-state index contributed by atoms with van der Waals surface area (Å²) in [6, 6.07) is 11.0. The largest absolute Gasteiger partial charge is 0.492 e. The molecule has 6 heteroatoms. The number of ether oxygens (including phenoxy) is 1. The Balaban J connectivity index is 1.71. The van der Waals surface area contributed by atoms with Crippen LogP contribution in [0.25, 0.3) is 0 Å². The van der Waals surface area contributed by atoms with Gasteiger partial charge in [0.2, 0.25) is 0 Å². The van der Waals surface area contributed by atoms with E-state index in [0.29, 0.717) is 24.6 Å². The molecule has 0 aliphatic carbocycles. The Morgan fingerprint density at radius 3 is 2.64 bits per heavy atom. The van der Waals surface area contributed by atoms with Gasteiger partial charge in [-0.3, -0.25) is 0 Å². The SMILES string of the molecule is Cc1ccc(NC(=O)NCCOc2ccc(F)cc2)cc1Br. The number of anilines is 1. The summed E-state index contributed by atoms with van der Waals surface area (Å²) in [6.07, 6.45) is 0. The average molecular weight is 367 g/mol. The summed E-state index contributed by atoms with van der Waals surface area (Å²) in [5.41, 5.74) is 1.80. The lowest BCUT2D eigenvalue weighted by Crippen LogP contribution is -2.32. The fraction of sp³-hybridized carbons (Fsp3) is 0.188. The topological polar surface area (TPSA) is 50.4 Å². The Morgan fingerprint density at radius 1 is 1.23 bits per heavy atom. The van der Waals surface area contributed by atoms with Crippen molar-refractivity contribution in [3.8, 4) is 5.75 Å². The fourth-order valence-corrected chi connectivity index (χ4v) is 2.09. The molecule has 0 aromatic heterocycles. The zero-order valence-corrected chi connectivity index (χ0v) is 13.6. The first kappa shape index (κ1) is 16.3. The highest BCUT2D eigenvalue weighted by Crippen LogP contribution is 2.20. The van der Waals surface area contributed by atoms with Crippen molar-refractivity contribution in [3.05, 3.63) is 58.3 Å². The Morgan fingerprint density at radius 2 is 1.95 bits per heavy atom. The van der Waals surface area contributed by atoms with Crippen molar-refractivity contribution in [3.63, 3.8) is 0 Å². The van der Waals surface area contributed by atoms with Crippen LogP contribution in [0.15, 0.2) is 46.9 Å². The van der Waals surface area contributed by atoms with Gasteiger partial charge in [-0.15, -0.1) is 0 Å². The predicted molar refractivity (Wildman–Crippen MR) is 87.8 cm³/mol. The van der Waals surface area contributed by atoms with E-state index in [-0.39, 0.29) is 11.8 Å². The molecule has 0 unspecified atom stereocenters. The molecule has 2 aromatic rings. The van der Waals surface area contributed by atoms with Gasteiger partial charge in [0.25, 0.3) is 0 Å². The summed E-state index contributed by atoms with van der Waals surface area (Å²) in [5.74, 6) is 0.250. The number of hydrogen-bond donors (Lipinski definition) is 2. The summed E-state index contributed by atoms with van der Waals surface area (Å²) < 4.78 is 19.0. The van der Waals surface area contributed by atoms with Crippen LogP contribution in [0.2, 0.25) is 0 Å². The van der Waals surface area contributed by atoms with Gasteiger partial charge in [0.15, 0.2) is 0 Å². The van der Waals surface area contributed by atoms with Gasteiger partial charge < -0.3 is 15.4 Å². The van der Waals surface area contributed by atoms with Crippen LogP contribution in [0.5, 0.6) is 5.75 Å². The van der Waals surface area contributed by atoms with E-state index in [1.54, 1.807) is 12.1 Å². The molecule has 0 fully saturated rings. The molecular weight excluding hydrogens is 351 g/mol. The van der Waals surface area contributed by atoms with Crippen molar-refractivity contribution in [1.29, 1.82) is 0 Å². The molecule has 0 radical (unpaired) electrons.